The number of non-ortho nitro benzene ring substituents is 1. The number of imide groups is 1. The van der Waals surface area contributed by atoms with E-state index in [0.29, 0.717) is 18.5 Å². The number of carbonyl (C=O) groups excluding carboxylic acids is 3. The van der Waals surface area contributed by atoms with Crippen LogP contribution in [0.5, 0.6) is 0 Å². The highest BCUT2D eigenvalue weighted by Crippen LogP contribution is 2.32. The average Bonchev–Trinajstić information content (AvgIpc) is 2.85. The van der Waals surface area contributed by atoms with Gasteiger partial charge in [0.1, 0.15) is 5.54 Å². The molecule has 138 valence electrons. The molecule has 1 aromatic carbocycles. The van der Waals surface area contributed by atoms with Crippen molar-refractivity contribution in [3.05, 3.63) is 34.4 Å². The zero-order valence-electron chi connectivity index (χ0n) is 14.0. The Balaban J connectivity index is 1.58. The lowest BCUT2D eigenvalue weighted by atomic mass is 9.82. The summed E-state index contributed by atoms with van der Waals surface area (Å²) in [6.45, 7) is -0.245. The van der Waals surface area contributed by atoms with Gasteiger partial charge in [-0.05, 0) is 18.9 Å². The minimum absolute atomic E-state index is 0.108. The minimum Gasteiger partial charge on any atom is -0.376 e. The number of anilines is 1. The van der Waals surface area contributed by atoms with Crippen molar-refractivity contribution in [3.8, 4) is 0 Å². The molecule has 1 saturated carbocycles. The lowest BCUT2D eigenvalue weighted by molar-refractivity contribution is -0.384. The molecule has 1 saturated heterocycles. The van der Waals surface area contributed by atoms with Gasteiger partial charge < -0.3 is 10.6 Å². The maximum atomic E-state index is 12.6. The van der Waals surface area contributed by atoms with E-state index < -0.39 is 28.3 Å². The van der Waals surface area contributed by atoms with Crippen molar-refractivity contribution < 1.29 is 19.3 Å². The third-order valence-electron chi connectivity index (χ3n) is 4.62. The largest absolute Gasteiger partial charge is 0.376 e. The van der Waals surface area contributed by atoms with Crippen LogP contribution >= 0.6 is 0 Å². The van der Waals surface area contributed by atoms with Crippen LogP contribution in [0.4, 0.5) is 16.2 Å². The molecule has 3 N–H and O–H groups in total. The van der Waals surface area contributed by atoms with Gasteiger partial charge in [-0.1, -0.05) is 25.3 Å². The highest BCUT2D eigenvalue weighted by atomic mass is 16.6. The summed E-state index contributed by atoms with van der Waals surface area (Å²) >= 11 is 0. The Kier molecular flexibility index (Phi) is 4.74. The van der Waals surface area contributed by atoms with Gasteiger partial charge in [-0.3, -0.25) is 25.1 Å². The lowest BCUT2D eigenvalue weighted by Gasteiger charge is -2.30. The summed E-state index contributed by atoms with van der Waals surface area (Å²) in [6, 6.07) is 5.05. The van der Waals surface area contributed by atoms with E-state index in [9.17, 15) is 24.5 Å². The van der Waals surface area contributed by atoms with Gasteiger partial charge in [-0.25, -0.2) is 4.79 Å². The number of amides is 4. The van der Waals surface area contributed by atoms with Gasteiger partial charge in [0.05, 0.1) is 11.5 Å². The zero-order chi connectivity index (χ0) is 18.7. The molecule has 3 rings (SSSR count). The van der Waals surface area contributed by atoms with Gasteiger partial charge in [0, 0.05) is 17.8 Å². The maximum absolute atomic E-state index is 12.6. The smallest absolute Gasteiger partial charge is 0.344 e. The predicted octanol–water partition coefficient (Wildman–Crippen LogP) is 1.29. The first kappa shape index (κ1) is 17.6. The fourth-order valence-electron chi connectivity index (χ4n) is 3.29. The van der Waals surface area contributed by atoms with E-state index in [1.54, 1.807) is 6.07 Å². The van der Waals surface area contributed by atoms with Crippen LogP contribution in [0.25, 0.3) is 0 Å². The van der Waals surface area contributed by atoms with Gasteiger partial charge in [-0.15, -0.1) is 0 Å². The van der Waals surface area contributed by atoms with Gasteiger partial charge in [0.25, 0.3) is 17.5 Å². The van der Waals surface area contributed by atoms with Crippen LogP contribution < -0.4 is 16.1 Å². The monoisotopic (exact) mass is 361 g/mol. The molecule has 10 heteroatoms. The van der Waals surface area contributed by atoms with Crippen molar-refractivity contribution in [2.24, 2.45) is 0 Å². The third-order valence-corrected chi connectivity index (χ3v) is 4.62. The Morgan fingerprint density at radius 1 is 1.27 bits per heavy atom. The van der Waals surface area contributed by atoms with Gasteiger partial charge >= 0.3 is 6.03 Å². The number of benzene rings is 1. The second-order valence-corrected chi connectivity index (χ2v) is 6.41. The molecular weight excluding hydrogens is 342 g/mol. The first-order valence-electron chi connectivity index (χ1n) is 8.36. The standard InChI is InChI=1S/C16H19N5O5/c22-13(10-17-11-5-4-6-12(9-11)21(25)26)19-20-14(23)16(18-15(20)24)7-2-1-3-8-16/h4-6,9,17H,1-3,7-8,10H2,(H,18,24)(H,19,22). The molecule has 4 amide bonds. The van der Waals surface area contributed by atoms with Crippen LogP contribution in [0.1, 0.15) is 32.1 Å². The van der Waals surface area contributed by atoms with Crippen molar-refractivity contribution in [1.82, 2.24) is 15.8 Å². The average molecular weight is 361 g/mol. The number of rotatable bonds is 5. The van der Waals surface area contributed by atoms with E-state index >= 15 is 0 Å². The number of urea groups is 1. The summed E-state index contributed by atoms with van der Waals surface area (Å²) in [7, 11) is 0. The normalized spacial score (nSPS) is 18.5. The number of carbonyl (C=O) groups is 3. The fraction of sp³-hybridized carbons (Fsp3) is 0.438. The molecule has 2 aliphatic rings. The molecule has 2 fully saturated rings. The van der Waals surface area contributed by atoms with Crippen molar-refractivity contribution >= 4 is 29.2 Å². The number of hydrogen-bond acceptors (Lipinski definition) is 6. The summed E-state index contributed by atoms with van der Waals surface area (Å²) in [5.41, 5.74) is 1.66. The molecule has 0 aromatic heterocycles. The predicted molar refractivity (Wildman–Crippen MR) is 90.9 cm³/mol. The Morgan fingerprint density at radius 2 is 2.00 bits per heavy atom. The van der Waals surface area contributed by atoms with Crippen LogP contribution in [0, 0.1) is 10.1 Å². The first-order chi connectivity index (χ1) is 12.4. The second-order valence-electron chi connectivity index (χ2n) is 6.41. The fourth-order valence-corrected chi connectivity index (χ4v) is 3.29. The summed E-state index contributed by atoms with van der Waals surface area (Å²) in [5, 5.41) is 16.9. The van der Waals surface area contributed by atoms with E-state index in [2.05, 4.69) is 16.1 Å². The van der Waals surface area contributed by atoms with Crippen LogP contribution in [0.2, 0.25) is 0 Å². The van der Waals surface area contributed by atoms with Gasteiger partial charge in [-0.2, -0.15) is 5.01 Å². The van der Waals surface area contributed by atoms with Crippen molar-refractivity contribution in [1.29, 1.82) is 0 Å². The third kappa shape index (κ3) is 3.44. The Labute approximate surface area is 149 Å². The Morgan fingerprint density at radius 3 is 2.69 bits per heavy atom. The van der Waals surface area contributed by atoms with Crippen molar-refractivity contribution in [2.75, 3.05) is 11.9 Å². The number of hydrogen-bond donors (Lipinski definition) is 3. The van der Waals surface area contributed by atoms with Crippen LogP contribution in [-0.4, -0.2) is 39.9 Å². The van der Waals surface area contributed by atoms with E-state index in [4.69, 9.17) is 0 Å². The lowest BCUT2D eigenvalue weighted by Crippen LogP contribution is -2.51. The number of nitrogens with zero attached hydrogens (tertiary/aromatic N) is 2. The first-order valence-corrected chi connectivity index (χ1v) is 8.36. The van der Waals surface area contributed by atoms with E-state index in [1.807, 2.05) is 0 Å². The van der Waals surface area contributed by atoms with E-state index in [-0.39, 0.29) is 12.2 Å². The molecule has 1 aliphatic heterocycles. The van der Waals surface area contributed by atoms with Gasteiger partial charge in [0.15, 0.2) is 0 Å². The molecule has 0 unspecified atom stereocenters. The number of nitrogens with one attached hydrogen (secondary N) is 3. The van der Waals surface area contributed by atoms with E-state index in [0.717, 1.165) is 24.3 Å². The Hall–Kier alpha value is -3.17. The van der Waals surface area contributed by atoms with Crippen LogP contribution in [-0.2, 0) is 9.59 Å². The molecule has 1 aliphatic carbocycles. The molecule has 10 nitrogen and oxygen atoms in total. The maximum Gasteiger partial charge on any atom is 0.344 e. The topological polar surface area (TPSA) is 134 Å². The zero-order valence-corrected chi connectivity index (χ0v) is 14.0. The quantitative estimate of drug-likeness (QED) is 0.411. The summed E-state index contributed by atoms with van der Waals surface area (Å²) in [6.07, 6.45) is 3.85. The Bertz CT molecular complexity index is 759. The molecule has 1 heterocycles. The molecule has 0 radical (unpaired) electrons. The number of nitro groups is 1. The van der Waals surface area contributed by atoms with Crippen LogP contribution in [0.15, 0.2) is 24.3 Å². The summed E-state index contributed by atoms with van der Waals surface area (Å²) in [5.74, 6) is -1.04. The number of nitro benzene ring substituents is 1. The minimum atomic E-state index is -0.907. The summed E-state index contributed by atoms with van der Waals surface area (Å²) in [4.78, 5) is 46.9. The molecule has 26 heavy (non-hydrogen) atoms. The molecular formula is C16H19N5O5. The van der Waals surface area contributed by atoms with Gasteiger partial charge in [0.2, 0.25) is 0 Å². The molecule has 1 spiro atoms. The molecule has 1 aromatic rings. The van der Waals surface area contributed by atoms with Crippen LogP contribution in [0.3, 0.4) is 0 Å². The molecule has 0 bridgehead atoms. The summed E-state index contributed by atoms with van der Waals surface area (Å²) < 4.78 is 0. The highest BCUT2D eigenvalue weighted by molar-refractivity contribution is 6.08. The molecule has 0 atom stereocenters. The second kappa shape index (κ2) is 6.98. The number of hydrazine groups is 1. The van der Waals surface area contributed by atoms with Crippen molar-refractivity contribution in [2.45, 2.75) is 37.6 Å². The highest BCUT2D eigenvalue weighted by Gasteiger charge is 2.52. The van der Waals surface area contributed by atoms with E-state index in [1.165, 1.54) is 18.2 Å². The SMILES string of the molecule is O=C(CNc1cccc([N+](=O)[O-])c1)NN1C(=O)NC2(CCCCC2)C1=O. The van der Waals surface area contributed by atoms with Crippen molar-refractivity contribution in [3.63, 3.8) is 0 Å².